The molecule has 0 N–H and O–H groups in total. The Morgan fingerprint density at radius 2 is 2.40 bits per heavy atom. The van der Waals surface area contributed by atoms with Crippen LogP contribution in [0.2, 0.25) is 0 Å². The quantitative estimate of drug-likeness (QED) is 0.547. The maximum Gasteiger partial charge on any atom is 0.0641 e. The first kappa shape index (κ1) is 7.56. The molecule has 0 saturated carbocycles. The van der Waals surface area contributed by atoms with Crippen LogP contribution in [0.25, 0.3) is 0 Å². The van der Waals surface area contributed by atoms with E-state index in [2.05, 4.69) is 24.9 Å². The van der Waals surface area contributed by atoms with E-state index in [1.54, 1.807) is 0 Å². The lowest BCUT2D eigenvalue weighted by Crippen LogP contribution is -2.37. The molecule has 1 aliphatic heterocycles. The minimum absolute atomic E-state index is 0.175. The van der Waals surface area contributed by atoms with Gasteiger partial charge in [-0.3, -0.25) is 4.90 Å². The monoisotopic (exact) mass is 138 g/mol. The number of nitriles is 1. The van der Waals surface area contributed by atoms with Gasteiger partial charge in [0.1, 0.15) is 0 Å². The average Bonchev–Trinajstić information content (AvgIpc) is 2.15. The molecule has 2 nitrogen and oxygen atoms in total. The molecule has 56 valence electrons. The Hall–Kier alpha value is -0.550. The molecular weight excluding hydrogens is 124 g/mol. The minimum Gasteiger partial charge on any atom is -0.300 e. The van der Waals surface area contributed by atoms with E-state index in [4.69, 9.17) is 5.26 Å². The summed E-state index contributed by atoms with van der Waals surface area (Å²) in [6.07, 6.45) is 3.09. The van der Waals surface area contributed by atoms with Crippen molar-refractivity contribution in [2.45, 2.75) is 31.7 Å². The highest BCUT2D eigenvalue weighted by atomic mass is 15.2. The van der Waals surface area contributed by atoms with Crippen LogP contribution < -0.4 is 0 Å². The first-order chi connectivity index (χ1) is 4.69. The van der Waals surface area contributed by atoms with E-state index in [0.717, 1.165) is 6.54 Å². The topological polar surface area (TPSA) is 27.0 Å². The Morgan fingerprint density at radius 3 is 2.80 bits per heavy atom. The van der Waals surface area contributed by atoms with Gasteiger partial charge in [-0.2, -0.15) is 5.26 Å². The lowest BCUT2D eigenvalue weighted by atomic mass is 9.96. The fraction of sp³-hybridized carbons (Fsp3) is 0.875. The summed E-state index contributed by atoms with van der Waals surface area (Å²) in [4.78, 5) is 2.29. The highest BCUT2D eigenvalue weighted by Crippen LogP contribution is 2.29. The predicted molar refractivity (Wildman–Crippen MR) is 40.5 cm³/mol. The van der Waals surface area contributed by atoms with Crippen LogP contribution in [0.5, 0.6) is 0 Å². The van der Waals surface area contributed by atoms with E-state index in [0.29, 0.717) is 6.42 Å². The summed E-state index contributed by atoms with van der Waals surface area (Å²) < 4.78 is 0. The van der Waals surface area contributed by atoms with Crippen molar-refractivity contribution in [3.05, 3.63) is 0 Å². The van der Waals surface area contributed by atoms with E-state index in [-0.39, 0.29) is 5.54 Å². The van der Waals surface area contributed by atoms with Gasteiger partial charge in [0, 0.05) is 5.54 Å². The summed E-state index contributed by atoms with van der Waals surface area (Å²) >= 11 is 0. The normalized spacial score (nSPS) is 34.1. The average molecular weight is 138 g/mol. The van der Waals surface area contributed by atoms with E-state index in [1.165, 1.54) is 12.8 Å². The second-order valence-electron chi connectivity index (χ2n) is 3.36. The summed E-state index contributed by atoms with van der Waals surface area (Å²) in [6, 6.07) is 2.24. The summed E-state index contributed by atoms with van der Waals surface area (Å²) in [5.74, 6) is 0. The van der Waals surface area contributed by atoms with Crippen LogP contribution in [0.15, 0.2) is 0 Å². The van der Waals surface area contributed by atoms with Crippen molar-refractivity contribution in [1.82, 2.24) is 4.90 Å². The summed E-state index contributed by atoms with van der Waals surface area (Å²) in [7, 11) is 2.10. The Kier molecular flexibility index (Phi) is 1.96. The molecule has 2 heteroatoms. The molecule has 1 aliphatic rings. The molecule has 0 spiro atoms. The Balaban J connectivity index is 2.58. The molecule has 1 unspecified atom stereocenters. The predicted octanol–water partition coefficient (Wildman–Crippen LogP) is 1.38. The van der Waals surface area contributed by atoms with Gasteiger partial charge >= 0.3 is 0 Å². The highest BCUT2D eigenvalue weighted by Gasteiger charge is 2.33. The number of hydrogen-bond acceptors (Lipinski definition) is 2. The third kappa shape index (κ3) is 1.15. The molecule has 1 saturated heterocycles. The van der Waals surface area contributed by atoms with Gasteiger partial charge in [0.15, 0.2) is 0 Å². The second-order valence-corrected chi connectivity index (χ2v) is 3.36. The van der Waals surface area contributed by atoms with Gasteiger partial charge in [-0.1, -0.05) is 0 Å². The molecule has 0 amide bonds. The Labute approximate surface area is 62.4 Å². The smallest absolute Gasteiger partial charge is 0.0641 e. The molecule has 0 aliphatic carbocycles. The zero-order valence-electron chi connectivity index (χ0n) is 6.72. The van der Waals surface area contributed by atoms with E-state index in [1.807, 2.05) is 0 Å². The van der Waals surface area contributed by atoms with Crippen molar-refractivity contribution >= 4 is 0 Å². The van der Waals surface area contributed by atoms with Crippen LogP contribution >= 0.6 is 0 Å². The van der Waals surface area contributed by atoms with Crippen molar-refractivity contribution in [1.29, 1.82) is 5.26 Å². The first-order valence-electron chi connectivity index (χ1n) is 3.77. The van der Waals surface area contributed by atoms with Crippen molar-refractivity contribution in [3.63, 3.8) is 0 Å². The van der Waals surface area contributed by atoms with Crippen LogP contribution in [0.1, 0.15) is 26.2 Å². The van der Waals surface area contributed by atoms with Crippen LogP contribution in [-0.4, -0.2) is 24.0 Å². The summed E-state index contributed by atoms with van der Waals surface area (Å²) in [5, 5.41) is 8.53. The van der Waals surface area contributed by atoms with Gasteiger partial charge in [0.2, 0.25) is 0 Å². The number of rotatable bonds is 1. The molecule has 0 aromatic heterocycles. The molecule has 1 rings (SSSR count). The zero-order valence-corrected chi connectivity index (χ0v) is 6.72. The Bertz CT molecular complexity index is 159. The fourth-order valence-electron chi connectivity index (χ4n) is 1.55. The van der Waals surface area contributed by atoms with Crippen LogP contribution in [0.3, 0.4) is 0 Å². The largest absolute Gasteiger partial charge is 0.300 e. The molecule has 1 heterocycles. The van der Waals surface area contributed by atoms with Crippen molar-refractivity contribution < 1.29 is 0 Å². The van der Waals surface area contributed by atoms with E-state index in [9.17, 15) is 0 Å². The van der Waals surface area contributed by atoms with Gasteiger partial charge in [0.05, 0.1) is 12.5 Å². The summed E-state index contributed by atoms with van der Waals surface area (Å²) in [5.41, 5.74) is 0.175. The van der Waals surface area contributed by atoms with Gasteiger partial charge in [-0.25, -0.2) is 0 Å². The van der Waals surface area contributed by atoms with Crippen molar-refractivity contribution in [3.8, 4) is 6.07 Å². The van der Waals surface area contributed by atoms with Crippen LogP contribution in [0, 0.1) is 11.3 Å². The standard InChI is InChI=1S/C8H14N2/c1-8(5-6-9)4-3-7-10(8)2/h3-5,7H2,1-2H3. The van der Waals surface area contributed by atoms with Gasteiger partial charge < -0.3 is 0 Å². The lowest BCUT2D eigenvalue weighted by molar-refractivity contribution is 0.200. The lowest BCUT2D eigenvalue weighted by Gasteiger charge is -2.29. The third-order valence-corrected chi connectivity index (χ3v) is 2.59. The number of nitrogens with zero attached hydrogens (tertiary/aromatic N) is 2. The fourth-order valence-corrected chi connectivity index (χ4v) is 1.55. The molecule has 0 aromatic rings. The van der Waals surface area contributed by atoms with E-state index < -0.39 is 0 Å². The van der Waals surface area contributed by atoms with Crippen LogP contribution in [-0.2, 0) is 0 Å². The summed E-state index contributed by atoms with van der Waals surface area (Å²) in [6.45, 7) is 3.32. The molecule has 0 aromatic carbocycles. The van der Waals surface area contributed by atoms with Crippen molar-refractivity contribution in [2.24, 2.45) is 0 Å². The molecular formula is C8H14N2. The minimum atomic E-state index is 0.175. The molecule has 0 bridgehead atoms. The van der Waals surface area contributed by atoms with Crippen molar-refractivity contribution in [2.75, 3.05) is 13.6 Å². The van der Waals surface area contributed by atoms with Gasteiger partial charge in [-0.15, -0.1) is 0 Å². The SMILES string of the molecule is CN1CCCC1(C)CC#N. The molecule has 1 atom stereocenters. The maximum absolute atomic E-state index is 8.53. The third-order valence-electron chi connectivity index (χ3n) is 2.59. The maximum atomic E-state index is 8.53. The second kappa shape index (κ2) is 2.59. The van der Waals surface area contributed by atoms with Gasteiger partial charge in [-0.05, 0) is 33.4 Å². The number of hydrogen-bond donors (Lipinski definition) is 0. The van der Waals surface area contributed by atoms with Crippen LogP contribution in [0.4, 0.5) is 0 Å². The molecule has 10 heavy (non-hydrogen) atoms. The van der Waals surface area contributed by atoms with E-state index >= 15 is 0 Å². The highest BCUT2D eigenvalue weighted by molar-refractivity contribution is 4.96. The molecule has 0 radical (unpaired) electrons. The number of likely N-dealkylation sites (tertiary alicyclic amines) is 1. The molecule has 1 fully saturated rings. The van der Waals surface area contributed by atoms with Gasteiger partial charge in [0.25, 0.3) is 0 Å². The zero-order chi connectivity index (χ0) is 7.61. The Morgan fingerprint density at radius 1 is 1.70 bits per heavy atom. The first-order valence-corrected chi connectivity index (χ1v) is 3.77.